The van der Waals surface area contributed by atoms with Crippen LogP contribution in [0.2, 0.25) is 0 Å². The van der Waals surface area contributed by atoms with Gasteiger partial charge in [-0.15, -0.1) is 10.2 Å². The zero-order valence-corrected chi connectivity index (χ0v) is 14.9. The van der Waals surface area contributed by atoms with E-state index in [9.17, 15) is 5.11 Å². The molecule has 3 rings (SSSR count). The number of aryl methyl sites for hydroxylation is 2. The second kappa shape index (κ2) is 7.20. The summed E-state index contributed by atoms with van der Waals surface area (Å²) in [6.07, 6.45) is -0.519. The van der Waals surface area contributed by atoms with Crippen LogP contribution in [0.15, 0.2) is 53.7 Å². The maximum Gasteiger partial charge on any atom is 0.191 e. The fraction of sp³-hybridized carbons (Fsp3) is 0.263. The molecule has 3 aromatic rings. The third kappa shape index (κ3) is 3.68. The summed E-state index contributed by atoms with van der Waals surface area (Å²) in [4.78, 5) is 0. The molecule has 1 aromatic heterocycles. The van der Waals surface area contributed by atoms with Crippen LogP contribution in [0.1, 0.15) is 22.8 Å². The molecule has 1 heterocycles. The molecule has 1 N–H and O–H groups in total. The first kappa shape index (κ1) is 16.7. The van der Waals surface area contributed by atoms with Crippen LogP contribution in [0.25, 0.3) is 11.4 Å². The van der Waals surface area contributed by atoms with Crippen LogP contribution >= 0.6 is 11.8 Å². The first-order chi connectivity index (χ1) is 11.5. The third-order valence-corrected chi connectivity index (χ3v) is 5.04. The van der Waals surface area contributed by atoms with Gasteiger partial charge in [0.1, 0.15) is 0 Å². The molecule has 0 spiro atoms. The van der Waals surface area contributed by atoms with Gasteiger partial charge in [-0.05, 0) is 25.5 Å². The van der Waals surface area contributed by atoms with E-state index in [0.29, 0.717) is 5.75 Å². The molecule has 0 fully saturated rings. The molecule has 0 radical (unpaired) electrons. The Balaban J connectivity index is 1.71. The van der Waals surface area contributed by atoms with Crippen LogP contribution in [0.5, 0.6) is 0 Å². The highest BCUT2D eigenvalue weighted by Gasteiger charge is 2.14. The number of rotatable bonds is 5. The molecule has 0 bridgehead atoms. The normalized spacial score (nSPS) is 12.3. The molecule has 0 saturated heterocycles. The average Bonchev–Trinajstić information content (AvgIpc) is 2.94. The fourth-order valence-electron chi connectivity index (χ4n) is 2.51. The van der Waals surface area contributed by atoms with Crippen molar-refractivity contribution in [2.24, 2.45) is 7.05 Å². The maximum absolute atomic E-state index is 10.3. The summed E-state index contributed by atoms with van der Waals surface area (Å²) in [6.45, 7) is 4.10. The van der Waals surface area contributed by atoms with E-state index in [2.05, 4.69) is 29.3 Å². The maximum atomic E-state index is 10.3. The minimum Gasteiger partial charge on any atom is -0.388 e. The highest BCUT2D eigenvalue weighted by Crippen LogP contribution is 2.26. The second-order valence-corrected chi connectivity index (χ2v) is 6.96. The van der Waals surface area contributed by atoms with Crippen molar-refractivity contribution >= 4 is 11.8 Å². The van der Waals surface area contributed by atoms with E-state index in [1.807, 2.05) is 54.9 Å². The van der Waals surface area contributed by atoms with Gasteiger partial charge in [-0.2, -0.15) is 0 Å². The highest BCUT2D eigenvalue weighted by molar-refractivity contribution is 7.99. The van der Waals surface area contributed by atoms with Gasteiger partial charge in [0, 0.05) is 18.4 Å². The largest absolute Gasteiger partial charge is 0.388 e. The van der Waals surface area contributed by atoms with Crippen molar-refractivity contribution in [1.82, 2.24) is 14.8 Å². The predicted octanol–water partition coefficient (Wildman–Crippen LogP) is 3.92. The Hall–Kier alpha value is -2.11. The van der Waals surface area contributed by atoms with Gasteiger partial charge < -0.3 is 9.67 Å². The van der Waals surface area contributed by atoms with Gasteiger partial charge >= 0.3 is 0 Å². The fourth-order valence-corrected chi connectivity index (χ4v) is 3.39. The van der Waals surface area contributed by atoms with E-state index in [-0.39, 0.29) is 0 Å². The number of aromatic nitrogens is 3. The standard InChI is InChI=1S/C19H21N3OS/c1-13-7-9-15(10-8-13)17(23)12-24-19-21-20-18(22(19)3)16-6-4-5-14(2)11-16/h4-11,17,23H,12H2,1-3H3. The molecule has 2 aromatic carbocycles. The molecule has 0 aliphatic rings. The van der Waals surface area contributed by atoms with Gasteiger partial charge in [0.25, 0.3) is 0 Å². The number of nitrogens with zero attached hydrogens (tertiary/aromatic N) is 3. The van der Waals surface area contributed by atoms with E-state index in [4.69, 9.17) is 0 Å². The monoisotopic (exact) mass is 339 g/mol. The quantitative estimate of drug-likeness (QED) is 0.716. The Morgan fingerprint density at radius 1 is 1.04 bits per heavy atom. The Bertz CT molecular complexity index is 827. The third-order valence-electron chi connectivity index (χ3n) is 3.94. The van der Waals surface area contributed by atoms with Crippen molar-refractivity contribution in [3.63, 3.8) is 0 Å². The summed E-state index contributed by atoms with van der Waals surface area (Å²) in [5, 5.41) is 19.7. The molecule has 24 heavy (non-hydrogen) atoms. The SMILES string of the molecule is Cc1ccc(C(O)CSc2nnc(-c3cccc(C)c3)n2C)cc1. The van der Waals surface area contributed by atoms with E-state index >= 15 is 0 Å². The van der Waals surface area contributed by atoms with Gasteiger partial charge in [-0.3, -0.25) is 0 Å². The van der Waals surface area contributed by atoms with Crippen molar-refractivity contribution in [3.8, 4) is 11.4 Å². The lowest BCUT2D eigenvalue weighted by atomic mass is 10.1. The number of aliphatic hydroxyl groups is 1. The average molecular weight is 339 g/mol. The molecule has 1 atom stereocenters. The summed E-state index contributed by atoms with van der Waals surface area (Å²) < 4.78 is 1.97. The van der Waals surface area contributed by atoms with Crippen molar-refractivity contribution < 1.29 is 5.11 Å². The molecular weight excluding hydrogens is 318 g/mol. The molecule has 0 aliphatic carbocycles. The van der Waals surface area contributed by atoms with Gasteiger partial charge in [0.15, 0.2) is 11.0 Å². The number of thioether (sulfide) groups is 1. The Morgan fingerprint density at radius 3 is 2.50 bits per heavy atom. The molecule has 0 aliphatic heterocycles. The molecule has 5 heteroatoms. The first-order valence-corrected chi connectivity index (χ1v) is 8.87. The van der Waals surface area contributed by atoms with Crippen LogP contribution in [-0.4, -0.2) is 25.6 Å². The van der Waals surface area contributed by atoms with Crippen molar-refractivity contribution in [1.29, 1.82) is 0 Å². The Kier molecular flexibility index (Phi) is 5.02. The summed E-state index contributed by atoms with van der Waals surface area (Å²) in [5.74, 6) is 1.38. The van der Waals surface area contributed by atoms with Crippen molar-refractivity contribution in [2.45, 2.75) is 25.1 Å². The summed E-state index contributed by atoms with van der Waals surface area (Å²) >= 11 is 1.51. The summed E-state index contributed by atoms with van der Waals surface area (Å²) in [5.41, 5.74) is 4.36. The lowest BCUT2D eigenvalue weighted by molar-refractivity contribution is 0.204. The van der Waals surface area contributed by atoms with Crippen molar-refractivity contribution in [3.05, 3.63) is 65.2 Å². The molecular formula is C19H21N3OS. The summed E-state index contributed by atoms with van der Waals surface area (Å²) in [7, 11) is 1.96. The van der Waals surface area contributed by atoms with E-state index in [1.54, 1.807) is 0 Å². The van der Waals surface area contributed by atoms with E-state index in [0.717, 1.165) is 22.1 Å². The number of hydrogen-bond donors (Lipinski definition) is 1. The summed E-state index contributed by atoms with van der Waals surface area (Å²) in [6, 6.07) is 16.2. The van der Waals surface area contributed by atoms with Crippen LogP contribution in [0, 0.1) is 13.8 Å². The number of benzene rings is 2. The zero-order chi connectivity index (χ0) is 17.1. The molecule has 1 unspecified atom stereocenters. The van der Waals surface area contributed by atoms with Crippen LogP contribution in [-0.2, 0) is 7.05 Å². The molecule has 4 nitrogen and oxygen atoms in total. The Labute approximate surface area is 146 Å². The van der Waals surface area contributed by atoms with E-state index < -0.39 is 6.10 Å². The lowest BCUT2D eigenvalue weighted by Gasteiger charge is -2.10. The predicted molar refractivity (Wildman–Crippen MR) is 98.0 cm³/mol. The highest BCUT2D eigenvalue weighted by atomic mass is 32.2. The van der Waals surface area contributed by atoms with Crippen LogP contribution in [0.4, 0.5) is 0 Å². The van der Waals surface area contributed by atoms with Gasteiger partial charge in [0.2, 0.25) is 0 Å². The second-order valence-electron chi connectivity index (χ2n) is 5.97. The van der Waals surface area contributed by atoms with Crippen LogP contribution < -0.4 is 0 Å². The first-order valence-electron chi connectivity index (χ1n) is 7.88. The van der Waals surface area contributed by atoms with Crippen molar-refractivity contribution in [2.75, 3.05) is 5.75 Å². The van der Waals surface area contributed by atoms with Crippen LogP contribution in [0.3, 0.4) is 0 Å². The smallest absolute Gasteiger partial charge is 0.191 e. The number of hydrogen-bond acceptors (Lipinski definition) is 4. The zero-order valence-electron chi connectivity index (χ0n) is 14.1. The topological polar surface area (TPSA) is 50.9 Å². The Morgan fingerprint density at radius 2 is 1.79 bits per heavy atom. The van der Waals surface area contributed by atoms with E-state index in [1.165, 1.54) is 22.9 Å². The molecule has 0 saturated carbocycles. The molecule has 124 valence electrons. The molecule has 0 amide bonds. The minimum atomic E-state index is -0.519. The van der Waals surface area contributed by atoms with Gasteiger partial charge in [0.05, 0.1) is 6.10 Å². The minimum absolute atomic E-state index is 0.519. The van der Waals surface area contributed by atoms with Gasteiger partial charge in [-0.1, -0.05) is 65.4 Å². The van der Waals surface area contributed by atoms with Gasteiger partial charge in [-0.25, -0.2) is 0 Å². The number of aliphatic hydroxyl groups excluding tert-OH is 1. The lowest BCUT2D eigenvalue weighted by Crippen LogP contribution is -2.02.